The molecule has 0 amide bonds. The summed E-state index contributed by atoms with van der Waals surface area (Å²) in [6, 6.07) is 22.3. The van der Waals surface area contributed by atoms with Gasteiger partial charge in [-0.1, -0.05) is 66.7 Å². The van der Waals surface area contributed by atoms with Gasteiger partial charge in [0, 0.05) is 11.6 Å². The highest BCUT2D eigenvalue weighted by atomic mass is 16.6. The van der Waals surface area contributed by atoms with Crippen LogP contribution in [-0.2, 0) is 6.61 Å². The summed E-state index contributed by atoms with van der Waals surface area (Å²) in [5.74, 6) is -0.322. The van der Waals surface area contributed by atoms with Crippen molar-refractivity contribution in [3.8, 4) is 5.75 Å². The smallest absolute Gasteiger partial charge is 0.311 e. The van der Waals surface area contributed by atoms with Gasteiger partial charge in [0.05, 0.1) is 10.5 Å². The number of benzene rings is 3. The van der Waals surface area contributed by atoms with Gasteiger partial charge in [-0.3, -0.25) is 14.9 Å². The number of para-hydroxylation sites is 1. The van der Waals surface area contributed by atoms with Crippen LogP contribution in [0.3, 0.4) is 0 Å². The van der Waals surface area contributed by atoms with E-state index in [0.717, 1.165) is 5.56 Å². The highest BCUT2D eigenvalue weighted by molar-refractivity contribution is 6.11. The third-order valence-corrected chi connectivity index (χ3v) is 3.70. The number of carbonyl (C=O) groups excluding carboxylic acids is 1. The molecule has 5 heteroatoms. The summed E-state index contributed by atoms with van der Waals surface area (Å²) in [5.41, 5.74) is 1.26. The first kappa shape index (κ1) is 16.4. The Bertz CT molecular complexity index is 892. The van der Waals surface area contributed by atoms with Crippen LogP contribution in [0.2, 0.25) is 0 Å². The Hall–Kier alpha value is -3.47. The van der Waals surface area contributed by atoms with Gasteiger partial charge >= 0.3 is 5.69 Å². The zero-order chi connectivity index (χ0) is 17.6. The number of ether oxygens (including phenoxy) is 1. The number of hydrogen-bond donors (Lipinski definition) is 0. The molecular weight excluding hydrogens is 318 g/mol. The van der Waals surface area contributed by atoms with E-state index in [1.54, 1.807) is 36.4 Å². The molecule has 3 aromatic carbocycles. The van der Waals surface area contributed by atoms with Crippen molar-refractivity contribution in [1.29, 1.82) is 0 Å². The van der Waals surface area contributed by atoms with Crippen LogP contribution in [0.25, 0.3) is 0 Å². The minimum Gasteiger partial charge on any atom is -0.481 e. The van der Waals surface area contributed by atoms with E-state index in [9.17, 15) is 14.9 Å². The average molecular weight is 333 g/mol. The van der Waals surface area contributed by atoms with Gasteiger partial charge in [0.1, 0.15) is 6.61 Å². The summed E-state index contributed by atoms with van der Waals surface area (Å²) in [4.78, 5) is 23.6. The van der Waals surface area contributed by atoms with Crippen LogP contribution in [0.5, 0.6) is 5.75 Å². The van der Waals surface area contributed by atoms with E-state index in [2.05, 4.69) is 0 Å². The molecular formula is C20H15NO4. The molecule has 3 rings (SSSR count). The molecule has 0 aliphatic rings. The molecule has 0 saturated heterocycles. The normalized spacial score (nSPS) is 10.2. The lowest BCUT2D eigenvalue weighted by Gasteiger charge is -2.11. The summed E-state index contributed by atoms with van der Waals surface area (Å²) >= 11 is 0. The number of carbonyl (C=O) groups is 1. The Kier molecular flexibility index (Phi) is 4.85. The Morgan fingerprint density at radius 1 is 0.880 bits per heavy atom. The number of hydrogen-bond acceptors (Lipinski definition) is 4. The minimum atomic E-state index is -0.540. The molecule has 0 unspecified atom stereocenters. The fourth-order valence-corrected chi connectivity index (χ4v) is 2.47. The second-order valence-electron chi connectivity index (χ2n) is 5.38. The maximum Gasteiger partial charge on any atom is 0.311 e. The Balaban J connectivity index is 1.99. The lowest BCUT2D eigenvalue weighted by Crippen LogP contribution is -2.08. The van der Waals surface area contributed by atoms with Gasteiger partial charge in [-0.2, -0.15) is 0 Å². The van der Waals surface area contributed by atoms with Crippen molar-refractivity contribution in [2.75, 3.05) is 0 Å². The Morgan fingerprint density at radius 2 is 1.52 bits per heavy atom. The van der Waals surface area contributed by atoms with Crippen LogP contribution in [-0.4, -0.2) is 10.7 Å². The Morgan fingerprint density at radius 3 is 2.16 bits per heavy atom. The largest absolute Gasteiger partial charge is 0.481 e. The first-order chi connectivity index (χ1) is 12.2. The predicted molar refractivity (Wildman–Crippen MR) is 93.7 cm³/mol. The van der Waals surface area contributed by atoms with E-state index in [1.807, 2.05) is 30.3 Å². The third-order valence-electron chi connectivity index (χ3n) is 3.70. The lowest BCUT2D eigenvalue weighted by molar-refractivity contribution is -0.386. The number of nitro groups is 1. The van der Waals surface area contributed by atoms with E-state index >= 15 is 0 Å². The molecule has 0 atom stereocenters. The number of ketones is 1. The third kappa shape index (κ3) is 3.72. The highest BCUT2D eigenvalue weighted by Gasteiger charge is 2.24. The molecule has 3 aromatic rings. The highest BCUT2D eigenvalue weighted by Crippen LogP contribution is 2.33. The Labute approximate surface area is 144 Å². The first-order valence-electron chi connectivity index (χ1n) is 7.70. The van der Waals surface area contributed by atoms with Crippen molar-refractivity contribution < 1.29 is 14.5 Å². The van der Waals surface area contributed by atoms with Crippen molar-refractivity contribution in [2.45, 2.75) is 6.61 Å². The van der Waals surface area contributed by atoms with Crippen molar-refractivity contribution in [2.24, 2.45) is 0 Å². The molecule has 0 spiro atoms. The minimum absolute atomic E-state index is 0.00907. The maximum atomic E-state index is 12.8. The van der Waals surface area contributed by atoms with Crippen LogP contribution >= 0.6 is 0 Å². The van der Waals surface area contributed by atoms with E-state index in [0.29, 0.717) is 5.56 Å². The summed E-state index contributed by atoms with van der Waals surface area (Å²) in [7, 11) is 0. The predicted octanol–water partition coefficient (Wildman–Crippen LogP) is 4.40. The van der Waals surface area contributed by atoms with E-state index in [4.69, 9.17) is 4.74 Å². The van der Waals surface area contributed by atoms with Crippen molar-refractivity contribution >= 4 is 11.5 Å². The van der Waals surface area contributed by atoms with Gasteiger partial charge in [0.25, 0.3) is 0 Å². The van der Waals surface area contributed by atoms with Gasteiger partial charge in [-0.05, 0) is 11.6 Å². The first-order valence-corrected chi connectivity index (χ1v) is 7.70. The molecule has 0 aliphatic carbocycles. The fourth-order valence-electron chi connectivity index (χ4n) is 2.47. The van der Waals surface area contributed by atoms with Crippen LogP contribution < -0.4 is 4.74 Å². The summed E-state index contributed by atoms with van der Waals surface area (Å²) < 4.78 is 5.70. The molecule has 0 radical (unpaired) electrons. The zero-order valence-electron chi connectivity index (χ0n) is 13.3. The topological polar surface area (TPSA) is 69.4 Å². The van der Waals surface area contributed by atoms with Gasteiger partial charge in [-0.15, -0.1) is 0 Å². The number of nitrogens with zero attached hydrogens (tertiary/aromatic N) is 1. The molecule has 0 bridgehead atoms. The number of rotatable bonds is 6. The van der Waals surface area contributed by atoms with Crippen LogP contribution in [0, 0.1) is 10.1 Å². The van der Waals surface area contributed by atoms with Gasteiger partial charge in [0.2, 0.25) is 5.75 Å². The summed E-state index contributed by atoms with van der Waals surface area (Å²) in [6.07, 6.45) is 0. The van der Waals surface area contributed by atoms with Crippen LogP contribution in [0.1, 0.15) is 21.5 Å². The second-order valence-corrected chi connectivity index (χ2v) is 5.38. The average Bonchev–Trinajstić information content (AvgIpc) is 2.67. The summed E-state index contributed by atoms with van der Waals surface area (Å²) in [5, 5.41) is 11.4. The van der Waals surface area contributed by atoms with Crippen molar-refractivity contribution in [1.82, 2.24) is 0 Å². The zero-order valence-corrected chi connectivity index (χ0v) is 13.3. The maximum absolute atomic E-state index is 12.8. The SMILES string of the molecule is O=C(c1ccccc1)c1cccc([N+](=O)[O-])c1OCc1ccccc1. The molecule has 0 fully saturated rings. The monoisotopic (exact) mass is 333 g/mol. The van der Waals surface area contributed by atoms with Gasteiger partial charge in [-0.25, -0.2) is 0 Å². The lowest BCUT2D eigenvalue weighted by atomic mass is 10.0. The van der Waals surface area contributed by atoms with E-state index in [-0.39, 0.29) is 29.4 Å². The van der Waals surface area contributed by atoms with Crippen LogP contribution in [0.4, 0.5) is 5.69 Å². The molecule has 0 heterocycles. The molecule has 5 nitrogen and oxygen atoms in total. The quantitative estimate of drug-likeness (QED) is 0.381. The van der Waals surface area contributed by atoms with E-state index < -0.39 is 4.92 Å². The number of nitro benzene ring substituents is 1. The van der Waals surface area contributed by atoms with Crippen molar-refractivity contribution in [3.63, 3.8) is 0 Å². The molecule has 0 saturated carbocycles. The van der Waals surface area contributed by atoms with E-state index in [1.165, 1.54) is 12.1 Å². The van der Waals surface area contributed by atoms with Crippen LogP contribution in [0.15, 0.2) is 78.9 Å². The molecule has 124 valence electrons. The molecule has 0 N–H and O–H groups in total. The fraction of sp³-hybridized carbons (Fsp3) is 0.0500. The molecule has 0 aliphatic heterocycles. The second kappa shape index (κ2) is 7.40. The van der Waals surface area contributed by atoms with Gasteiger partial charge < -0.3 is 4.74 Å². The standard InChI is InChI=1S/C20H15NO4/c22-19(16-10-5-2-6-11-16)17-12-7-13-18(21(23)24)20(17)25-14-15-8-3-1-4-9-15/h1-13H,14H2. The summed E-state index contributed by atoms with van der Waals surface area (Å²) in [6.45, 7) is 0.140. The molecule has 0 aromatic heterocycles. The van der Waals surface area contributed by atoms with Gasteiger partial charge in [0.15, 0.2) is 5.78 Å². The molecule has 25 heavy (non-hydrogen) atoms. The van der Waals surface area contributed by atoms with Crippen molar-refractivity contribution in [3.05, 3.63) is 106 Å².